The first kappa shape index (κ1) is 11.4. The number of morpholine rings is 1. The molecule has 1 N–H and O–H groups in total. The minimum atomic E-state index is 0.474. The second kappa shape index (κ2) is 5.83. The van der Waals surface area contributed by atoms with Crippen LogP contribution in [0.4, 0.5) is 0 Å². The standard InChI is InChI=1S/C12H24N2O/c1-2-12-10-14(7-8-15-12)9-11-5-3-4-6-13-11/h11-13H,2-10H2,1H3. The first-order valence-electron chi connectivity index (χ1n) is 6.46. The van der Waals surface area contributed by atoms with Crippen molar-refractivity contribution in [2.75, 3.05) is 32.8 Å². The van der Waals surface area contributed by atoms with E-state index in [1.54, 1.807) is 0 Å². The Bertz CT molecular complexity index is 180. The smallest absolute Gasteiger partial charge is 0.0700 e. The lowest BCUT2D eigenvalue weighted by atomic mass is 10.0. The quantitative estimate of drug-likeness (QED) is 0.762. The van der Waals surface area contributed by atoms with Gasteiger partial charge in [-0.2, -0.15) is 0 Å². The minimum absolute atomic E-state index is 0.474. The van der Waals surface area contributed by atoms with Crippen LogP contribution in [0.1, 0.15) is 32.6 Å². The van der Waals surface area contributed by atoms with Gasteiger partial charge in [0.1, 0.15) is 0 Å². The Labute approximate surface area is 93.2 Å². The molecular formula is C12H24N2O. The van der Waals surface area contributed by atoms with E-state index in [0.29, 0.717) is 6.10 Å². The zero-order chi connectivity index (χ0) is 10.5. The van der Waals surface area contributed by atoms with Crippen molar-refractivity contribution < 1.29 is 4.74 Å². The van der Waals surface area contributed by atoms with Crippen molar-refractivity contribution in [3.05, 3.63) is 0 Å². The van der Waals surface area contributed by atoms with Crippen LogP contribution in [-0.4, -0.2) is 49.8 Å². The Morgan fingerprint density at radius 2 is 2.33 bits per heavy atom. The van der Waals surface area contributed by atoms with Gasteiger partial charge in [0.05, 0.1) is 12.7 Å². The number of rotatable bonds is 3. The summed E-state index contributed by atoms with van der Waals surface area (Å²) in [6.07, 6.45) is 5.74. The minimum Gasteiger partial charge on any atom is -0.376 e. The van der Waals surface area contributed by atoms with Crippen molar-refractivity contribution in [2.24, 2.45) is 0 Å². The van der Waals surface area contributed by atoms with Crippen LogP contribution in [0.5, 0.6) is 0 Å². The van der Waals surface area contributed by atoms with Crippen molar-refractivity contribution >= 4 is 0 Å². The largest absolute Gasteiger partial charge is 0.376 e. The second-order valence-electron chi connectivity index (χ2n) is 4.81. The molecule has 2 unspecified atom stereocenters. The fourth-order valence-corrected chi connectivity index (χ4v) is 2.58. The summed E-state index contributed by atoms with van der Waals surface area (Å²) in [4.78, 5) is 2.57. The molecule has 0 spiro atoms. The lowest BCUT2D eigenvalue weighted by Gasteiger charge is -2.36. The summed E-state index contributed by atoms with van der Waals surface area (Å²) in [6, 6.07) is 0.731. The van der Waals surface area contributed by atoms with Crippen molar-refractivity contribution in [1.29, 1.82) is 0 Å². The second-order valence-corrected chi connectivity index (χ2v) is 4.81. The predicted octanol–water partition coefficient (Wildman–Crippen LogP) is 1.24. The summed E-state index contributed by atoms with van der Waals surface area (Å²) >= 11 is 0. The lowest BCUT2D eigenvalue weighted by molar-refractivity contribution is -0.0328. The van der Waals surface area contributed by atoms with Crippen molar-refractivity contribution in [1.82, 2.24) is 10.2 Å². The summed E-state index contributed by atoms with van der Waals surface area (Å²) in [5, 5.41) is 3.62. The molecule has 0 aromatic carbocycles. The molecule has 15 heavy (non-hydrogen) atoms. The first-order valence-corrected chi connectivity index (χ1v) is 6.46. The summed E-state index contributed by atoms with van der Waals surface area (Å²) in [5.74, 6) is 0. The van der Waals surface area contributed by atoms with E-state index >= 15 is 0 Å². The summed E-state index contributed by atoms with van der Waals surface area (Å²) in [6.45, 7) is 7.83. The summed E-state index contributed by atoms with van der Waals surface area (Å²) in [5.41, 5.74) is 0. The van der Waals surface area contributed by atoms with Crippen LogP contribution in [-0.2, 0) is 4.74 Å². The maximum absolute atomic E-state index is 5.68. The van der Waals surface area contributed by atoms with Gasteiger partial charge < -0.3 is 10.1 Å². The van der Waals surface area contributed by atoms with Crippen LogP contribution >= 0.6 is 0 Å². The van der Waals surface area contributed by atoms with Gasteiger partial charge in [0.15, 0.2) is 0 Å². The van der Waals surface area contributed by atoms with Crippen LogP contribution in [0.3, 0.4) is 0 Å². The van der Waals surface area contributed by atoms with E-state index in [1.165, 1.54) is 32.4 Å². The Morgan fingerprint density at radius 3 is 3.07 bits per heavy atom. The summed E-state index contributed by atoms with van der Waals surface area (Å²) in [7, 11) is 0. The van der Waals surface area contributed by atoms with Gasteiger partial charge in [-0.3, -0.25) is 4.90 Å². The van der Waals surface area contributed by atoms with Crippen LogP contribution in [0.15, 0.2) is 0 Å². The molecule has 0 bridgehead atoms. The van der Waals surface area contributed by atoms with Crippen LogP contribution < -0.4 is 5.32 Å². The lowest BCUT2D eigenvalue weighted by Crippen LogP contribution is -2.49. The molecule has 0 amide bonds. The van der Waals surface area contributed by atoms with Crippen molar-refractivity contribution in [2.45, 2.75) is 44.8 Å². The fourth-order valence-electron chi connectivity index (χ4n) is 2.58. The highest BCUT2D eigenvalue weighted by Gasteiger charge is 2.22. The molecule has 2 aliphatic heterocycles. The molecule has 3 heteroatoms. The maximum atomic E-state index is 5.68. The monoisotopic (exact) mass is 212 g/mol. The topological polar surface area (TPSA) is 24.5 Å². The van der Waals surface area contributed by atoms with Gasteiger partial charge in [0, 0.05) is 25.7 Å². The molecule has 2 atom stereocenters. The molecule has 3 nitrogen and oxygen atoms in total. The third kappa shape index (κ3) is 3.44. The zero-order valence-electron chi connectivity index (χ0n) is 9.87. The third-order valence-electron chi connectivity index (χ3n) is 3.57. The highest BCUT2D eigenvalue weighted by Crippen LogP contribution is 2.12. The van der Waals surface area contributed by atoms with Crippen LogP contribution in [0, 0.1) is 0 Å². The fraction of sp³-hybridized carbons (Fsp3) is 1.00. The number of nitrogens with zero attached hydrogens (tertiary/aromatic N) is 1. The molecule has 0 radical (unpaired) electrons. The van der Waals surface area contributed by atoms with Gasteiger partial charge in [-0.05, 0) is 25.8 Å². The van der Waals surface area contributed by atoms with Crippen molar-refractivity contribution in [3.63, 3.8) is 0 Å². The van der Waals surface area contributed by atoms with Crippen LogP contribution in [0.2, 0.25) is 0 Å². The van der Waals surface area contributed by atoms with Crippen LogP contribution in [0.25, 0.3) is 0 Å². The molecule has 88 valence electrons. The molecule has 2 heterocycles. The number of ether oxygens (including phenoxy) is 1. The maximum Gasteiger partial charge on any atom is 0.0700 e. The van der Waals surface area contributed by atoms with E-state index in [4.69, 9.17) is 4.74 Å². The van der Waals surface area contributed by atoms with Gasteiger partial charge in [0.2, 0.25) is 0 Å². The molecule has 2 aliphatic rings. The summed E-state index contributed by atoms with van der Waals surface area (Å²) < 4.78 is 5.68. The molecule has 0 aromatic heterocycles. The van der Waals surface area contributed by atoms with E-state index in [0.717, 1.165) is 32.2 Å². The molecule has 0 aromatic rings. The van der Waals surface area contributed by atoms with E-state index in [-0.39, 0.29) is 0 Å². The normalized spacial score (nSPS) is 34.2. The average molecular weight is 212 g/mol. The predicted molar refractivity (Wildman–Crippen MR) is 62.1 cm³/mol. The zero-order valence-corrected chi connectivity index (χ0v) is 9.87. The van der Waals surface area contributed by atoms with Gasteiger partial charge in [0.25, 0.3) is 0 Å². The van der Waals surface area contributed by atoms with Gasteiger partial charge in [-0.15, -0.1) is 0 Å². The number of hydrogen-bond donors (Lipinski definition) is 1. The van der Waals surface area contributed by atoms with Gasteiger partial charge in [-0.1, -0.05) is 13.3 Å². The van der Waals surface area contributed by atoms with E-state index in [9.17, 15) is 0 Å². The molecule has 2 saturated heterocycles. The average Bonchev–Trinajstić information content (AvgIpc) is 2.31. The van der Waals surface area contributed by atoms with Crippen molar-refractivity contribution in [3.8, 4) is 0 Å². The Balaban J connectivity index is 1.72. The highest BCUT2D eigenvalue weighted by atomic mass is 16.5. The van der Waals surface area contributed by atoms with E-state index < -0.39 is 0 Å². The SMILES string of the molecule is CCC1CN(CC2CCCCN2)CCO1. The van der Waals surface area contributed by atoms with Gasteiger partial charge in [-0.25, -0.2) is 0 Å². The molecular weight excluding hydrogens is 188 g/mol. The molecule has 0 saturated carbocycles. The Hall–Kier alpha value is -0.120. The molecule has 2 fully saturated rings. The molecule has 0 aliphatic carbocycles. The van der Waals surface area contributed by atoms with E-state index in [1.807, 2.05) is 0 Å². The number of nitrogens with one attached hydrogen (secondary N) is 1. The van der Waals surface area contributed by atoms with E-state index in [2.05, 4.69) is 17.1 Å². The molecule has 2 rings (SSSR count). The van der Waals surface area contributed by atoms with Gasteiger partial charge >= 0.3 is 0 Å². The Morgan fingerprint density at radius 1 is 1.40 bits per heavy atom. The number of hydrogen-bond acceptors (Lipinski definition) is 3. The first-order chi connectivity index (χ1) is 7.38. The Kier molecular flexibility index (Phi) is 4.42. The number of piperidine rings is 1. The third-order valence-corrected chi connectivity index (χ3v) is 3.57. The highest BCUT2D eigenvalue weighted by molar-refractivity contribution is 4.79.